The molecule has 3 aromatic heterocycles. The second-order valence-corrected chi connectivity index (χ2v) is 6.76. The molecule has 0 radical (unpaired) electrons. The van der Waals surface area contributed by atoms with Crippen LogP contribution in [-0.4, -0.2) is 25.4 Å². The molecule has 0 spiro atoms. The summed E-state index contributed by atoms with van der Waals surface area (Å²) in [4.78, 5) is 25.8. The van der Waals surface area contributed by atoms with Gasteiger partial charge in [0.1, 0.15) is 10.3 Å². The Bertz CT molecular complexity index is 1090. The summed E-state index contributed by atoms with van der Waals surface area (Å²) in [6.45, 7) is 0.652. The molecule has 0 aliphatic heterocycles. The number of amides is 1. The van der Waals surface area contributed by atoms with Crippen molar-refractivity contribution in [2.45, 2.75) is 13.0 Å². The van der Waals surface area contributed by atoms with Gasteiger partial charge in [0.05, 0.1) is 11.0 Å². The number of aromatic nitrogens is 4. The number of imidazole rings is 1. The second kappa shape index (κ2) is 7.67. The Labute approximate surface area is 164 Å². The number of carbonyl (C=O) groups excluding carboxylic acids is 1. The van der Waals surface area contributed by atoms with E-state index in [9.17, 15) is 4.79 Å². The number of hydrogen-bond acceptors (Lipinski definition) is 4. The van der Waals surface area contributed by atoms with Gasteiger partial charge in [-0.15, -0.1) is 0 Å². The fraction of sp³-hybridized carbons (Fsp3) is 0.100. The molecule has 0 fully saturated rings. The smallest absolute Gasteiger partial charge is 0.276 e. The van der Waals surface area contributed by atoms with Crippen molar-refractivity contribution in [3.05, 3.63) is 82.9 Å². The minimum atomic E-state index is -0.300. The molecular weight excluding hydrogens is 406 g/mol. The largest absolute Gasteiger partial charge is 0.310 e. The lowest BCUT2D eigenvalue weighted by Gasteiger charge is -2.10. The molecule has 27 heavy (non-hydrogen) atoms. The van der Waals surface area contributed by atoms with Gasteiger partial charge in [-0.25, -0.2) is 9.97 Å². The highest BCUT2D eigenvalue weighted by molar-refractivity contribution is 9.10. The van der Waals surface area contributed by atoms with Gasteiger partial charge < -0.3 is 4.57 Å². The summed E-state index contributed by atoms with van der Waals surface area (Å²) in [5.74, 6) is 0.199. The maximum Gasteiger partial charge on any atom is 0.276 e. The van der Waals surface area contributed by atoms with Gasteiger partial charge >= 0.3 is 0 Å². The molecule has 7 heteroatoms. The number of para-hydroxylation sites is 2. The van der Waals surface area contributed by atoms with Gasteiger partial charge in [-0.3, -0.25) is 15.1 Å². The van der Waals surface area contributed by atoms with Crippen molar-refractivity contribution in [1.29, 1.82) is 0 Å². The molecule has 0 aliphatic rings. The highest BCUT2D eigenvalue weighted by Gasteiger charge is 2.15. The Morgan fingerprint density at radius 1 is 1.00 bits per heavy atom. The van der Waals surface area contributed by atoms with E-state index in [1.165, 1.54) is 0 Å². The van der Waals surface area contributed by atoms with E-state index in [4.69, 9.17) is 0 Å². The number of aryl methyl sites for hydroxylation is 2. The van der Waals surface area contributed by atoms with Crippen molar-refractivity contribution in [3.8, 4) is 0 Å². The third-order valence-corrected chi connectivity index (χ3v) is 4.59. The van der Waals surface area contributed by atoms with Gasteiger partial charge in [-0.1, -0.05) is 24.3 Å². The Hall–Kier alpha value is -3.06. The van der Waals surface area contributed by atoms with E-state index in [-0.39, 0.29) is 5.91 Å². The number of pyridine rings is 2. The maximum absolute atomic E-state index is 12.6. The van der Waals surface area contributed by atoms with Crippen LogP contribution in [0.3, 0.4) is 0 Å². The fourth-order valence-corrected chi connectivity index (χ4v) is 3.21. The third kappa shape index (κ3) is 3.88. The number of nitrogens with one attached hydrogen (secondary N) is 1. The summed E-state index contributed by atoms with van der Waals surface area (Å²) < 4.78 is 2.61. The van der Waals surface area contributed by atoms with Crippen molar-refractivity contribution >= 4 is 38.8 Å². The van der Waals surface area contributed by atoms with E-state index in [0.717, 1.165) is 23.1 Å². The molecule has 134 valence electrons. The van der Waals surface area contributed by atoms with Crippen LogP contribution in [0.4, 0.5) is 5.95 Å². The molecule has 0 aliphatic carbocycles. The minimum Gasteiger partial charge on any atom is -0.310 e. The van der Waals surface area contributed by atoms with Crippen LogP contribution in [0.25, 0.3) is 11.0 Å². The van der Waals surface area contributed by atoms with Crippen LogP contribution in [0, 0.1) is 0 Å². The van der Waals surface area contributed by atoms with Crippen LogP contribution in [0.15, 0.2) is 71.5 Å². The molecule has 0 atom stereocenters. The molecule has 1 amide bonds. The van der Waals surface area contributed by atoms with Crippen molar-refractivity contribution in [2.75, 3.05) is 5.32 Å². The highest BCUT2D eigenvalue weighted by Crippen LogP contribution is 2.21. The van der Waals surface area contributed by atoms with Gasteiger partial charge in [0, 0.05) is 24.9 Å². The fourth-order valence-electron chi connectivity index (χ4n) is 2.87. The lowest BCUT2D eigenvalue weighted by Crippen LogP contribution is -2.18. The number of rotatable bonds is 5. The lowest BCUT2D eigenvalue weighted by atomic mass is 10.2. The summed E-state index contributed by atoms with van der Waals surface area (Å²) in [5, 5.41) is 2.89. The number of fused-ring (bicyclic) bond motifs is 1. The number of anilines is 1. The summed E-state index contributed by atoms with van der Waals surface area (Å²) in [7, 11) is 0. The van der Waals surface area contributed by atoms with Crippen molar-refractivity contribution in [3.63, 3.8) is 0 Å². The first-order valence-electron chi connectivity index (χ1n) is 8.50. The first kappa shape index (κ1) is 17.4. The first-order chi connectivity index (χ1) is 13.2. The molecule has 6 nitrogen and oxygen atoms in total. The van der Waals surface area contributed by atoms with Crippen LogP contribution < -0.4 is 5.32 Å². The van der Waals surface area contributed by atoms with Crippen LogP contribution in [0.5, 0.6) is 0 Å². The summed E-state index contributed by atoms with van der Waals surface area (Å²) >= 11 is 3.29. The number of benzene rings is 1. The maximum atomic E-state index is 12.6. The molecule has 4 aromatic rings. The van der Waals surface area contributed by atoms with Crippen LogP contribution in [0.1, 0.15) is 16.2 Å². The number of halogens is 1. The SMILES string of the molecule is O=C(Nc1nc2ccccc2n1CCc1ccccn1)c1cccc(Br)n1. The Morgan fingerprint density at radius 3 is 2.67 bits per heavy atom. The van der Waals surface area contributed by atoms with Crippen LogP contribution in [-0.2, 0) is 13.0 Å². The normalized spacial score (nSPS) is 10.9. The second-order valence-electron chi connectivity index (χ2n) is 5.95. The number of carbonyl (C=O) groups is 1. The predicted octanol–water partition coefficient (Wildman–Crippen LogP) is 4.08. The molecular formula is C20H16BrN5O. The average Bonchev–Trinajstić information content (AvgIpc) is 3.04. The first-order valence-corrected chi connectivity index (χ1v) is 9.29. The molecule has 1 aromatic carbocycles. The Balaban J connectivity index is 1.64. The number of nitrogens with zero attached hydrogens (tertiary/aromatic N) is 4. The van der Waals surface area contributed by atoms with Crippen molar-refractivity contribution in [2.24, 2.45) is 0 Å². The topological polar surface area (TPSA) is 72.7 Å². The Kier molecular flexibility index (Phi) is 4.93. The molecule has 0 bridgehead atoms. The molecule has 0 unspecified atom stereocenters. The highest BCUT2D eigenvalue weighted by atomic mass is 79.9. The zero-order chi connectivity index (χ0) is 18.6. The van der Waals surface area contributed by atoms with E-state index >= 15 is 0 Å². The molecule has 1 N–H and O–H groups in total. The quantitative estimate of drug-likeness (QED) is 0.492. The third-order valence-electron chi connectivity index (χ3n) is 4.15. The zero-order valence-corrected chi connectivity index (χ0v) is 15.9. The van der Waals surface area contributed by atoms with E-state index in [1.807, 2.05) is 47.0 Å². The van der Waals surface area contributed by atoms with Crippen LogP contribution in [0.2, 0.25) is 0 Å². The minimum absolute atomic E-state index is 0.300. The van der Waals surface area contributed by atoms with E-state index in [2.05, 4.69) is 36.2 Å². The van der Waals surface area contributed by atoms with Gasteiger partial charge in [-0.2, -0.15) is 0 Å². The van der Waals surface area contributed by atoms with Gasteiger partial charge in [0.25, 0.3) is 5.91 Å². The number of hydrogen-bond donors (Lipinski definition) is 1. The monoisotopic (exact) mass is 421 g/mol. The molecule has 4 rings (SSSR count). The van der Waals surface area contributed by atoms with E-state index in [0.29, 0.717) is 22.8 Å². The molecule has 3 heterocycles. The summed E-state index contributed by atoms with van der Waals surface area (Å²) in [6.07, 6.45) is 2.52. The van der Waals surface area contributed by atoms with Crippen molar-refractivity contribution < 1.29 is 4.79 Å². The van der Waals surface area contributed by atoms with Crippen molar-refractivity contribution in [1.82, 2.24) is 19.5 Å². The van der Waals surface area contributed by atoms with Gasteiger partial charge in [-0.05, 0) is 52.3 Å². The zero-order valence-electron chi connectivity index (χ0n) is 14.3. The van der Waals surface area contributed by atoms with Gasteiger partial charge in [0.2, 0.25) is 5.95 Å². The van der Waals surface area contributed by atoms with E-state index in [1.54, 1.807) is 24.4 Å². The lowest BCUT2D eigenvalue weighted by molar-refractivity contribution is 0.102. The van der Waals surface area contributed by atoms with Crippen LogP contribution >= 0.6 is 15.9 Å². The Morgan fingerprint density at radius 2 is 1.85 bits per heavy atom. The summed E-state index contributed by atoms with van der Waals surface area (Å²) in [6, 6.07) is 18.9. The molecule has 0 saturated carbocycles. The summed E-state index contributed by atoms with van der Waals surface area (Å²) in [5.41, 5.74) is 3.11. The standard InChI is InChI=1S/C20H16BrN5O/c21-18-10-5-8-16(23-18)19(27)25-20-24-15-7-1-2-9-17(15)26(20)13-11-14-6-3-4-12-22-14/h1-10,12H,11,13H2,(H,24,25,27). The van der Waals surface area contributed by atoms with Gasteiger partial charge in [0.15, 0.2) is 0 Å². The average molecular weight is 422 g/mol. The van der Waals surface area contributed by atoms with E-state index < -0.39 is 0 Å². The molecule has 0 saturated heterocycles. The predicted molar refractivity (Wildman–Crippen MR) is 108 cm³/mol.